The molecule has 130 valence electrons. The molecule has 3 rings (SSSR count). The number of hydrogen-bond acceptors (Lipinski definition) is 3. The van der Waals surface area contributed by atoms with Crippen molar-refractivity contribution in [3.05, 3.63) is 35.6 Å². The fourth-order valence-electron chi connectivity index (χ4n) is 3.47. The molecule has 2 aliphatic heterocycles. The molecule has 5 nitrogen and oxygen atoms in total. The quantitative estimate of drug-likeness (QED) is 0.878. The van der Waals surface area contributed by atoms with E-state index in [1.54, 1.807) is 18.2 Å². The van der Waals surface area contributed by atoms with Crippen LogP contribution in [-0.2, 0) is 20.7 Å². The molecule has 2 aliphatic rings. The van der Waals surface area contributed by atoms with Crippen molar-refractivity contribution in [2.45, 2.75) is 38.1 Å². The number of ether oxygens (including phenoxy) is 1. The Labute approximate surface area is 141 Å². The first-order valence-corrected chi connectivity index (χ1v) is 8.51. The highest BCUT2D eigenvalue weighted by Crippen LogP contribution is 2.35. The van der Waals surface area contributed by atoms with Crippen LogP contribution in [0.4, 0.5) is 4.39 Å². The SMILES string of the molecule is O=C1NCCCC1NC(=O)C1(Cc2ccccc2F)CCOCC1. The van der Waals surface area contributed by atoms with Gasteiger partial charge in [-0.05, 0) is 43.7 Å². The minimum absolute atomic E-state index is 0.136. The lowest BCUT2D eigenvalue weighted by atomic mass is 9.74. The van der Waals surface area contributed by atoms with Crippen molar-refractivity contribution < 1.29 is 18.7 Å². The molecule has 0 radical (unpaired) electrons. The number of amides is 2. The Morgan fingerprint density at radius 3 is 2.79 bits per heavy atom. The lowest BCUT2D eigenvalue weighted by molar-refractivity contribution is -0.140. The van der Waals surface area contributed by atoms with Gasteiger partial charge in [0, 0.05) is 19.8 Å². The molecule has 0 aliphatic carbocycles. The van der Waals surface area contributed by atoms with E-state index in [4.69, 9.17) is 4.74 Å². The summed E-state index contributed by atoms with van der Waals surface area (Å²) < 4.78 is 19.5. The van der Waals surface area contributed by atoms with Crippen LogP contribution in [0.15, 0.2) is 24.3 Å². The highest BCUT2D eigenvalue weighted by atomic mass is 19.1. The summed E-state index contributed by atoms with van der Waals surface area (Å²) in [6, 6.07) is 6.05. The van der Waals surface area contributed by atoms with Crippen molar-refractivity contribution in [1.82, 2.24) is 10.6 Å². The first kappa shape index (κ1) is 16.9. The van der Waals surface area contributed by atoms with Gasteiger partial charge in [0.2, 0.25) is 11.8 Å². The predicted molar refractivity (Wildman–Crippen MR) is 86.8 cm³/mol. The zero-order valence-corrected chi connectivity index (χ0v) is 13.6. The molecule has 1 aromatic carbocycles. The number of carbonyl (C=O) groups is 2. The second kappa shape index (κ2) is 7.30. The molecule has 2 amide bonds. The molecule has 2 fully saturated rings. The maximum absolute atomic E-state index is 14.1. The maximum atomic E-state index is 14.1. The van der Waals surface area contributed by atoms with Crippen LogP contribution in [0.1, 0.15) is 31.2 Å². The number of piperidine rings is 1. The van der Waals surface area contributed by atoms with Gasteiger partial charge >= 0.3 is 0 Å². The van der Waals surface area contributed by atoms with Gasteiger partial charge < -0.3 is 15.4 Å². The molecule has 0 spiro atoms. The first-order chi connectivity index (χ1) is 11.6. The third kappa shape index (κ3) is 3.59. The fourth-order valence-corrected chi connectivity index (χ4v) is 3.47. The fraction of sp³-hybridized carbons (Fsp3) is 0.556. The Morgan fingerprint density at radius 1 is 1.33 bits per heavy atom. The molecule has 1 atom stereocenters. The molecule has 6 heteroatoms. The van der Waals surface area contributed by atoms with Gasteiger partial charge in [0.1, 0.15) is 11.9 Å². The summed E-state index contributed by atoms with van der Waals surface area (Å²) in [7, 11) is 0. The Bertz CT molecular complexity index is 614. The number of nitrogens with one attached hydrogen (secondary N) is 2. The van der Waals surface area contributed by atoms with Crippen LogP contribution in [-0.4, -0.2) is 37.6 Å². The lowest BCUT2D eigenvalue weighted by Gasteiger charge is -2.37. The van der Waals surface area contributed by atoms with Crippen molar-refractivity contribution in [1.29, 1.82) is 0 Å². The first-order valence-electron chi connectivity index (χ1n) is 8.51. The van der Waals surface area contributed by atoms with Crippen LogP contribution in [0, 0.1) is 11.2 Å². The summed E-state index contributed by atoms with van der Waals surface area (Å²) >= 11 is 0. The van der Waals surface area contributed by atoms with E-state index < -0.39 is 11.5 Å². The van der Waals surface area contributed by atoms with Crippen molar-refractivity contribution in [3.63, 3.8) is 0 Å². The number of hydrogen-bond donors (Lipinski definition) is 2. The number of benzene rings is 1. The van der Waals surface area contributed by atoms with Crippen LogP contribution in [0.25, 0.3) is 0 Å². The van der Waals surface area contributed by atoms with Gasteiger partial charge in [-0.2, -0.15) is 0 Å². The highest BCUT2D eigenvalue weighted by molar-refractivity contribution is 5.90. The molecule has 0 saturated carbocycles. The monoisotopic (exact) mass is 334 g/mol. The van der Waals surface area contributed by atoms with Gasteiger partial charge in [0.15, 0.2) is 0 Å². The Hall–Kier alpha value is -1.95. The Balaban J connectivity index is 1.78. The van der Waals surface area contributed by atoms with Gasteiger partial charge in [-0.25, -0.2) is 4.39 Å². The molecule has 0 bridgehead atoms. The summed E-state index contributed by atoms with van der Waals surface area (Å²) in [5.74, 6) is -0.606. The molecule has 2 N–H and O–H groups in total. The summed E-state index contributed by atoms with van der Waals surface area (Å²) in [6.45, 7) is 1.59. The molecule has 2 heterocycles. The third-order valence-corrected chi connectivity index (χ3v) is 5.01. The minimum Gasteiger partial charge on any atom is -0.381 e. The van der Waals surface area contributed by atoms with E-state index >= 15 is 0 Å². The van der Waals surface area contributed by atoms with Gasteiger partial charge in [-0.1, -0.05) is 18.2 Å². The Morgan fingerprint density at radius 2 is 2.08 bits per heavy atom. The topological polar surface area (TPSA) is 67.4 Å². The van der Waals surface area contributed by atoms with E-state index in [-0.39, 0.29) is 17.6 Å². The van der Waals surface area contributed by atoms with Crippen molar-refractivity contribution in [2.24, 2.45) is 5.41 Å². The molecule has 1 aromatic rings. The molecular formula is C18H23FN2O3. The van der Waals surface area contributed by atoms with E-state index in [2.05, 4.69) is 10.6 Å². The van der Waals surface area contributed by atoms with Crippen LogP contribution in [0.2, 0.25) is 0 Å². The van der Waals surface area contributed by atoms with Crippen molar-refractivity contribution in [2.75, 3.05) is 19.8 Å². The van der Waals surface area contributed by atoms with Crippen LogP contribution < -0.4 is 10.6 Å². The van der Waals surface area contributed by atoms with Crippen LogP contribution >= 0.6 is 0 Å². The zero-order chi connectivity index (χ0) is 17.0. The normalized spacial score (nSPS) is 23.4. The standard InChI is InChI=1S/C18H23FN2O3/c19-14-5-2-1-4-13(14)12-18(7-10-24-11-8-18)17(23)21-15-6-3-9-20-16(15)22/h1-2,4-5,15H,3,6-12H2,(H,20,22)(H,21,23). The van der Waals surface area contributed by atoms with Crippen LogP contribution in [0.5, 0.6) is 0 Å². The molecular weight excluding hydrogens is 311 g/mol. The third-order valence-electron chi connectivity index (χ3n) is 5.01. The predicted octanol–water partition coefficient (Wildman–Crippen LogP) is 1.56. The van der Waals surface area contributed by atoms with Crippen molar-refractivity contribution in [3.8, 4) is 0 Å². The average molecular weight is 334 g/mol. The summed E-state index contributed by atoms with van der Waals surface area (Å²) in [4.78, 5) is 24.9. The zero-order valence-electron chi connectivity index (χ0n) is 13.6. The van der Waals surface area contributed by atoms with Gasteiger partial charge in [-0.15, -0.1) is 0 Å². The average Bonchev–Trinajstić information content (AvgIpc) is 2.60. The van der Waals surface area contributed by atoms with E-state index in [1.165, 1.54) is 6.07 Å². The largest absolute Gasteiger partial charge is 0.381 e. The lowest BCUT2D eigenvalue weighted by Crippen LogP contribution is -2.55. The molecule has 2 saturated heterocycles. The number of carbonyl (C=O) groups excluding carboxylic acids is 2. The van der Waals surface area contributed by atoms with Crippen molar-refractivity contribution >= 4 is 11.8 Å². The number of halogens is 1. The second-order valence-electron chi connectivity index (χ2n) is 6.62. The van der Waals surface area contributed by atoms with E-state index in [0.717, 1.165) is 6.42 Å². The van der Waals surface area contributed by atoms with Crippen LogP contribution in [0.3, 0.4) is 0 Å². The van der Waals surface area contributed by atoms with Gasteiger partial charge in [-0.3, -0.25) is 9.59 Å². The summed E-state index contributed by atoms with van der Waals surface area (Å²) in [6.07, 6.45) is 2.87. The Kier molecular flexibility index (Phi) is 5.14. The summed E-state index contributed by atoms with van der Waals surface area (Å²) in [5.41, 5.74) is -0.194. The number of rotatable bonds is 4. The summed E-state index contributed by atoms with van der Waals surface area (Å²) in [5, 5.41) is 5.66. The smallest absolute Gasteiger partial charge is 0.242 e. The van der Waals surface area contributed by atoms with E-state index in [9.17, 15) is 14.0 Å². The molecule has 24 heavy (non-hydrogen) atoms. The second-order valence-corrected chi connectivity index (χ2v) is 6.62. The molecule has 0 aromatic heterocycles. The minimum atomic E-state index is -0.724. The maximum Gasteiger partial charge on any atom is 0.242 e. The van der Waals surface area contributed by atoms with Gasteiger partial charge in [0.05, 0.1) is 5.41 Å². The highest BCUT2D eigenvalue weighted by Gasteiger charge is 2.42. The van der Waals surface area contributed by atoms with E-state index in [0.29, 0.717) is 51.0 Å². The van der Waals surface area contributed by atoms with E-state index in [1.807, 2.05) is 0 Å². The molecule has 1 unspecified atom stereocenters. The van der Waals surface area contributed by atoms with Gasteiger partial charge in [0.25, 0.3) is 0 Å².